The lowest BCUT2D eigenvalue weighted by Crippen LogP contribution is -1.95. The third kappa shape index (κ3) is 3.88. The minimum atomic E-state index is 0.525. The predicted molar refractivity (Wildman–Crippen MR) is 70.0 cm³/mol. The molecule has 0 N–H and O–H groups in total. The van der Waals surface area contributed by atoms with E-state index in [9.17, 15) is 0 Å². The van der Waals surface area contributed by atoms with Gasteiger partial charge >= 0.3 is 0 Å². The van der Waals surface area contributed by atoms with E-state index in [-0.39, 0.29) is 0 Å². The maximum atomic E-state index is 5.27. The van der Waals surface area contributed by atoms with Crippen molar-refractivity contribution in [2.75, 3.05) is 0 Å². The van der Waals surface area contributed by atoms with Crippen LogP contribution in [0.2, 0.25) is 0 Å². The number of rotatable bonds is 5. The predicted octanol–water partition coefficient (Wildman–Crippen LogP) is 3.82. The lowest BCUT2D eigenvalue weighted by Gasteiger charge is -2.02. The Hall–Kier alpha value is -1.31. The third-order valence-electron chi connectivity index (χ3n) is 3.32. The van der Waals surface area contributed by atoms with Crippen LogP contribution < -0.4 is 0 Å². The number of hydrogen-bond acceptors (Lipinski definition) is 2. The summed E-state index contributed by atoms with van der Waals surface area (Å²) in [6, 6.07) is 8.49. The first-order valence-electron chi connectivity index (χ1n) is 6.54. The Balaban J connectivity index is 1.73. The SMILES string of the molecule is CCc1ccc(CON=[C]C2CCCC2)cc1. The molecule has 1 aromatic carbocycles. The average molecular weight is 230 g/mol. The van der Waals surface area contributed by atoms with E-state index in [0.717, 1.165) is 6.42 Å². The number of hydrogen-bond donors (Lipinski definition) is 0. The molecule has 0 amide bonds. The highest BCUT2D eigenvalue weighted by Gasteiger charge is 2.12. The Morgan fingerprint density at radius 2 is 1.82 bits per heavy atom. The minimum Gasteiger partial charge on any atom is -0.391 e. The van der Waals surface area contributed by atoms with Crippen molar-refractivity contribution in [1.29, 1.82) is 0 Å². The van der Waals surface area contributed by atoms with E-state index in [1.54, 1.807) is 0 Å². The van der Waals surface area contributed by atoms with Gasteiger partial charge in [0.1, 0.15) is 12.8 Å². The third-order valence-corrected chi connectivity index (χ3v) is 3.32. The van der Waals surface area contributed by atoms with E-state index >= 15 is 0 Å². The highest BCUT2D eigenvalue weighted by atomic mass is 16.6. The second-order valence-electron chi connectivity index (χ2n) is 4.65. The van der Waals surface area contributed by atoms with Crippen LogP contribution >= 0.6 is 0 Å². The van der Waals surface area contributed by atoms with Gasteiger partial charge < -0.3 is 4.84 Å². The summed E-state index contributed by atoms with van der Waals surface area (Å²) in [5.74, 6) is 0.525. The molecule has 0 aliphatic heterocycles. The van der Waals surface area contributed by atoms with Crippen molar-refractivity contribution in [3.8, 4) is 0 Å². The zero-order chi connectivity index (χ0) is 11.9. The highest BCUT2D eigenvalue weighted by Crippen LogP contribution is 2.22. The van der Waals surface area contributed by atoms with Gasteiger partial charge in [0, 0.05) is 5.92 Å². The Kier molecular flexibility index (Phi) is 4.60. The maximum Gasteiger partial charge on any atom is 0.142 e. The smallest absolute Gasteiger partial charge is 0.142 e. The molecular weight excluding hydrogens is 210 g/mol. The number of nitrogens with zero attached hydrogens (tertiary/aromatic N) is 1. The number of benzene rings is 1. The molecule has 0 saturated heterocycles. The summed E-state index contributed by atoms with van der Waals surface area (Å²) in [6.07, 6.45) is 9.22. The first kappa shape index (κ1) is 12.2. The van der Waals surface area contributed by atoms with Gasteiger partial charge in [-0.3, -0.25) is 0 Å². The van der Waals surface area contributed by atoms with Crippen molar-refractivity contribution in [3.63, 3.8) is 0 Å². The Labute approximate surface area is 104 Å². The van der Waals surface area contributed by atoms with Gasteiger partial charge in [0.05, 0.1) is 0 Å². The summed E-state index contributed by atoms with van der Waals surface area (Å²) in [5.41, 5.74) is 2.52. The lowest BCUT2D eigenvalue weighted by atomic mass is 10.1. The summed E-state index contributed by atoms with van der Waals surface area (Å²) in [7, 11) is 0. The molecule has 1 aliphatic carbocycles. The van der Waals surface area contributed by atoms with Crippen LogP contribution in [-0.2, 0) is 17.9 Å². The monoisotopic (exact) mass is 230 g/mol. The Bertz CT molecular complexity index is 350. The quantitative estimate of drug-likeness (QED) is 0.556. The van der Waals surface area contributed by atoms with Gasteiger partial charge in [-0.1, -0.05) is 49.2 Å². The molecule has 91 valence electrons. The van der Waals surface area contributed by atoms with Gasteiger partial charge in [-0.05, 0) is 30.4 Å². The molecule has 1 saturated carbocycles. The van der Waals surface area contributed by atoms with Gasteiger partial charge in [-0.2, -0.15) is 0 Å². The van der Waals surface area contributed by atoms with Crippen molar-refractivity contribution in [3.05, 3.63) is 35.4 Å². The molecule has 0 spiro atoms. The molecule has 1 aliphatic rings. The molecule has 0 aromatic heterocycles. The first-order chi connectivity index (χ1) is 8.38. The van der Waals surface area contributed by atoms with Crippen molar-refractivity contribution >= 4 is 6.21 Å². The molecule has 1 fully saturated rings. The fraction of sp³-hybridized carbons (Fsp3) is 0.533. The summed E-state index contributed by atoms with van der Waals surface area (Å²) >= 11 is 0. The van der Waals surface area contributed by atoms with Crippen LogP contribution in [0.4, 0.5) is 0 Å². The fourth-order valence-electron chi connectivity index (χ4n) is 2.14. The molecule has 1 aromatic rings. The Morgan fingerprint density at radius 1 is 1.18 bits per heavy atom. The van der Waals surface area contributed by atoms with Crippen LogP contribution in [0.5, 0.6) is 0 Å². The highest BCUT2D eigenvalue weighted by molar-refractivity contribution is 5.60. The molecule has 2 nitrogen and oxygen atoms in total. The van der Waals surface area contributed by atoms with Gasteiger partial charge in [0.15, 0.2) is 0 Å². The first-order valence-corrected chi connectivity index (χ1v) is 6.54. The Morgan fingerprint density at radius 3 is 2.47 bits per heavy atom. The van der Waals surface area contributed by atoms with Crippen molar-refractivity contribution in [2.24, 2.45) is 11.1 Å². The van der Waals surface area contributed by atoms with Crippen LogP contribution in [0.1, 0.15) is 43.7 Å². The largest absolute Gasteiger partial charge is 0.391 e. The molecule has 2 rings (SSSR count). The van der Waals surface area contributed by atoms with E-state index in [4.69, 9.17) is 4.84 Å². The van der Waals surface area contributed by atoms with Gasteiger partial charge in [-0.15, -0.1) is 0 Å². The molecule has 0 heterocycles. The molecule has 2 heteroatoms. The zero-order valence-electron chi connectivity index (χ0n) is 10.5. The zero-order valence-corrected chi connectivity index (χ0v) is 10.5. The van der Waals surface area contributed by atoms with Crippen LogP contribution in [0.25, 0.3) is 0 Å². The fourth-order valence-corrected chi connectivity index (χ4v) is 2.14. The summed E-state index contributed by atoms with van der Waals surface area (Å²) in [4.78, 5) is 5.27. The van der Waals surface area contributed by atoms with E-state index in [0.29, 0.717) is 12.5 Å². The van der Waals surface area contributed by atoms with Gasteiger partial charge in [0.2, 0.25) is 0 Å². The summed E-state index contributed by atoms with van der Waals surface area (Å²) in [5, 5.41) is 3.94. The van der Waals surface area contributed by atoms with E-state index in [1.807, 2.05) is 0 Å². The van der Waals surface area contributed by atoms with Gasteiger partial charge in [-0.25, -0.2) is 0 Å². The molecule has 0 atom stereocenters. The van der Waals surface area contributed by atoms with Crippen LogP contribution in [0.3, 0.4) is 0 Å². The molecule has 0 unspecified atom stereocenters. The minimum absolute atomic E-state index is 0.525. The molecule has 0 bridgehead atoms. The molecule has 17 heavy (non-hydrogen) atoms. The van der Waals surface area contributed by atoms with Gasteiger partial charge in [0.25, 0.3) is 0 Å². The number of aryl methyl sites for hydroxylation is 1. The van der Waals surface area contributed by atoms with Crippen LogP contribution in [0.15, 0.2) is 29.4 Å². The maximum absolute atomic E-state index is 5.27. The summed E-state index contributed by atoms with van der Waals surface area (Å²) < 4.78 is 0. The van der Waals surface area contributed by atoms with Crippen LogP contribution in [-0.4, -0.2) is 6.21 Å². The second kappa shape index (κ2) is 6.43. The van der Waals surface area contributed by atoms with E-state index in [2.05, 4.69) is 42.6 Å². The molecular formula is C15H20NO. The average Bonchev–Trinajstić information content (AvgIpc) is 2.88. The standard InChI is InChI=1S/C15H20NO/c1-2-13-7-9-15(10-8-13)12-17-16-11-14-5-3-4-6-14/h7-10,14H,2-6,12H2,1H3. The molecule has 1 radical (unpaired) electrons. The van der Waals surface area contributed by atoms with Crippen molar-refractivity contribution in [1.82, 2.24) is 0 Å². The van der Waals surface area contributed by atoms with E-state index < -0.39 is 0 Å². The summed E-state index contributed by atoms with van der Waals surface area (Å²) in [6.45, 7) is 2.70. The van der Waals surface area contributed by atoms with Crippen molar-refractivity contribution in [2.45, 2.75) is 45.6 Å². The normalized spacial score (nSPS) is 16.8. The lowest BCUT2D eigenvalue weighted by molar-refractivity contribution is 0.130. The second-order valence-corrected chi connectivity index (χ2v) is 4.65. The topological polar surface area (TPSA) is 21.6 Å². The van der Waals surface area contributed by atoms with E-state index in [1.165, 1.54) is 36.8 Å². The van der Waals surface area contributed by atoms with Crippen molar-refractivity contribution < 1.29 is 4.84 Å². The van der Waals surface area contributed by atoms with Crippen LogP contribution in [0, 0.1) is 5.92 Å².